The number of rotatable bonds is 5. The third kappa shape index (κ3) is 3.94. The van der Waals surface area contributed by atoms with Crippen LogP contribution in [0.15, 0.2) is 18.2 Å². The van der Waals surface area contributed by atoms with Gasteiger partial charge in [0, 0.05) is 6.42 Å². The highest BCUT2D eigenvalue weighted by molar-refractivity contribution is 5.67. The van der Waals surface area contributed by atoms with Gasteiger partial charge in [-0.2, -0.15) is 0 Å². The molecule has 0 saturated heterocycles. The molecule has 0 atom stereocenters. The molecule has 0 aliphatic heterocycles. The Labute approximate surface area is 102 Å². The summed E-state index contributed by atoms with van der Waals surface area (Å²) in [5.41, 5.74) is 3.31. The zero-order valence-corrected chi connectivity index (χ0v) is 10.5. The van der Waals surface area contributed by atoms with E-state index in [0.29, 0.717) is 6.42 Å². The predicted octanol–water partition coefficient (Wildman–Crippen LogP) is 3.19. The first-order chi connectivity index (χ1) is 8.04. The van der Waals surface area contributed by atoms with Crippen LogP contribution in [0, 0.1) is 13.8 Å². The topological polar surface area (TPSA) is 46.5 Å². The highest BCUT2D eigenvalue weighted by Gasteiger charge is 2.02. The minimum atomic E-state index is -0.766. The van der Waals surface area contributed by atoms with E-state index in [1.807, 2.05) is 38.1 Å². The Morgan fingerprint density at radius 3 is 2.65 bits per heavy atom. The zero-order valence-electron chi connectivity index (χ0n) is 10.5. The van der Waals surface area contributed by atoms with Crippen LogP contribution in [0.4, 0.5) is 0 Å². The van der Waals surface area contributed by atoms with Crippen molar-refractivity contribution in [2.75, 3.05) is 7.11 Å². The van der Waals surface area contributed by atoms with Crippen LogP contribution in [0.1, 0.15) is 29.5 Å². The second-order valence-electron chi connectivity index (χ2n) is 4.01. The molecule has 92 valence electrons. The normalized spacial score (nSPS) is 10.8. The SMILES string of the molecule is COc1cc(C)c(/C=C/CCC(=O)O)cc1C. The Hall–Kier alpha value is -1.77. The molecule has 0 heterocycles. The average molecular weight is 234 g/mol. The van der Waals surface area contributed by atoms with Crippen molar-refractivity contribution in [1.82, 2.24) is 0 Å². The maximum atomic E-state index is 10.4. The van der Waals surface area contributed by atoms with E-state index >= 15 is 0 Å². The molecule has 3 heteroatoms. The summed E-state index contributed by atoms with van der Waals surface area (Å²) in [6.07, 6.45) is 4.58. The molecule has 1 rings (SSSR count). The second-order valence-corrected chi connectivity index (χ2v) is 4.01. The van der Waals surface area contributed by atoms with E-state index in [1.54, 1.807) is 7.11 Å². The fourth-order valence-electron chi connectivity index (χ4n) is 1.63. The lowest BCUT2D eigenvalue weighted by Crippen LogP contribution is -1.92. The standard InChI is InChI=1S/C14H18O3/c1-10-9-13(17-3)11(2)8-12(10)6-4-5-7-14(15)16/h4,6,8-9H,5,7H2,1-3H3,(H,15,16)/b6-4+. The first-order valence-corrected chi connectivity index (χ1v) is 5.58. The Morgan fingerprint density at radius 2 is 2.06 bits per heavy atom. The van der Waals surface area contributed by atoms with E-state index in [0.717, 1.165) is 22.4 Å². The van der Waals surface area contributed by atoms with Gasteiger partial charge in [-0.25, -0.2) is 0 Å². The molecular formula is C14H18O3. The summed E-state index contributed by atoms with van der Waals surface area (Å²) in [5.74, 6) is 0.113. The number of carbonyl (C=O) groups is 1. The summed E-state index contributed by atoms with van der Waals surface area (Å²) < 4.78 is 5.24. The Bertz CT molecular complexity index is 433. The fraction of sp³-hybridized carbons (Fsp3) is 0.357. The van der Waals surface area contributed by atoms with Crippen LogP contribution < -0.4 is 4.74 Å². The molecule has 0 saturated carbocycles. The van der Waals surface area contributed by atoms with Crippen molar-refractivity contribution in [2.45, 2.75) is 26.7 Å². The van der Waals surface area contributed by atoms with Crippen LogP contribution in [0.25, 0.3) is 6.08 Å². The molecule has 1 N–H and O–H groups in total. The van der Waals surface area contributed by atoms with Crippen LogP contribution in [0.3, 0.4) is 0 Å². The van der Waals surface area contributed by atoms with Crippen LogP contribution in [0.5, 0.6) is 5.75 Å². The third-order valence-corrected chi connectivity index (χ3v) is 2.61. The molecule has 0 unspecified atom stereocenters. The Morgan fingerprint density at radius 1 is 1.35 bits per heavy atom. The maximum Gasteiger partial charge on any atom is 0.303 e. The van der Waals surface area contributed by atoms with Crippen molar-refractivity contribution in [2.24, 2.45) is 0 Å². The highest BCUT2D eigenvalue weighted by Crippen LogP contribution is 2.23. The van der Waals surface area contributed by atoms with Crippen molar-refractivity contribution in [3.63, 3.8) is 0 Å². The van der Waals surface area contributed by atoms with Gasteiger partial charge in [0.1, 0.15) is 5.75 Å². The first kappa shape index (κ1) is 13.3. The number of methoxy groups -OCH3 is 1. The van der Waals surface area contributed by atoms with Gasteiger partial charge in [0.25, 0.3) is 0 Å². The number of ether oxygens (including phenoxy) is 1. The molecule has 1 aromatic rings. The van der Waals surface area contributed by atoms with Gasteiger partial charge in [0.15, 0.2) is 0 Å². The summed E-state index contributed by atoms with van der Waals surface area (Å²) >= 11 is 0. The Kier molecular flexibility index (Phi) is 4.76. The molecule has 0 spiro atoms. The second kappa shape index (κ2) is 6.09. The van der Waals surface area contributed by atoms with E-state index in [4.69, 9.17) is 9.84 Å². The van der Waals surface area contributed by atoms with Gasteiger partial charge >= 0.3 is 5.97 Å². The van der Waals surface area contributed by atoms with Crippen molar-refractivity contribution in [3.8, 4) is 5.75 Å². The van der Waals surface area contributed by atoms with Crippen molar-refractivity contribution in [1.29, 1.82) is 0 Å². The molecule has 0 aromatic heterocycles. The van der Waals surface area contributed by atoms with Gasteiger partial charge in [0.2, 0.25) is 0 Å². The van der Waals surface area contributed by atoms with Gasteiger partial charge in [-0.3, -0.25) is 4.79 Å². The largest absolute Gasteiger partial charge is 0.496 e. The zero-order chi connectivity index (χ0) is 12.8. The first-order valence-electron chi connectivity index (χ1n) is 5.58. The van der Waals surface area contributed by atoms with Gasteiger partial charge in [-0.1, -0.05) is 12.2 Å². The van der Waals surface area contributed by atoms with Gasteiger partial charge in [-0.15, -0.1) is 0 Å². The summed E-state index contributed by atoms with van der Waals surface area (Å²) in [6.45, 7) is 4.01. The molecule has 0 radical (unpaired) electrons. The number of benzene rings is 1. The number of hydrogen-bond acceptors (Lipinski definition) is 2. The predicted molar refractivity (Wildman–Crippen MR) is 68.4 cm³/mol. The number of carboxylic acid groups (broad SMARTS) is 1. The number of carboxylic acids is 1. The monoisotopic (exact) mass is 234 g/mol. The van der Waals surface area contributed by atoms with Crippen molar-refractivity contribution >= 4 is 12.0 Å². The molecule has 0 aliphatic carbocycles. The maximum absolute atomic E-state index is 10.4. The molecule has 0 amide bonds. The molecule has 0 fully saturated rings. The minimum absolute atomic E-state index is 0.171. The summed E-state index contributed by atoms with van der Waals surface area (Å²) in [6, 6.07) is 4.04. The molecule has 17 heavy (non-hydrogen) atoms. The van der Waals surface area contributed by atoms with Crippen molar-refractivity contribution < 1.29 is 14.6 Å². The van der Waals surface area contributed by atoms with E-state index in [9.17, 15) is 4.79 Å². The summed E-state index contributed by atoms with van der Waals surface area (Å²) in [4.78, 5) is 10.4. The van der Waals surface area contributed by atoms with E-state index in [-0.39, 0.29) is 6.42 Å². The molecule has 0 bridgehead atoms. The van der Waals surface area contributed by atoms with Crippen LogP contribution in [0.2, 0.25) is 0 Å². The molecule has 1 aromatic carbocycles. The van der Waals surface area contributed by atoms with Gasteiger partial charge < -0.3 is 9.84 Å². The van der Waals surface area contributed by atoms with E-state index < -0.39 is 5.97 Å². The van der Waals surface area contributed by atoms with Gasteiger partial charge in [0.05, 0.1) is 7.11 Å². The number of aryl methyl sites for hydroxylation is 2. The average Bonchev–Trinajstić information content (AvgIpc) is 2.28. The highest BCUT2D eigenvalue weighted by atomic mass is 16.5. The molecular weight excluding hydrogens is 216 g/mol. The van der Waals surface area contributed by atoms with Gasteiger partial charge in [-0.05, 0) is 49.1 Å². The third-order valence-electron chi connectivity index (χ3n) is 2.61. The number of aliphatic carboxylic acids is 1. The fourth-order valence-corrected chi connectivity index (χ4v) is 1.63. The van der Waals surface area contributed by atoms with Crippen molar-refractivity contribution in [3.05, 3.63) is 34.9 Å². The Balaban J connectivity index is 2.78. The lowest BCUT2D eigenvalue weighted by atomic mass is 10.0. The molecule has 0 aliphatic rings. The number of hydrogen-bond donors (Lipinski definition) is 1. The molecule has 3 nitrogen and oxygen atoms in total. The number of allylic oxidation sites excluding steroid dienone is 1. The quantitative estimate of drug-likeness (QED) is 0.851. The lowest BCUT2D eigenvalue weighted by molar-refractivity contribution is -0.136. The lowest BCUT2D eigenvalue weighted by Gasteiger charge is -2.08. The minimum Gasteiger partial charge on any atom is -0.496 e. The smallest absolute Gasteiger partial charge is 0.303 e. The summed E-state index contributed by atoms with van der Waals surface area (Å²) in [5, 5.41) is 8.53. The van der Waals surface area contributed by atoms with E-state index in [1.165, 1.54) is 0 Å². The summed E-state index contributed by atoms with van der Waals surface area (Å²) in [7, 11) is 1.66. The van der Waals surface area contributed by atoms with Crippen LogP contribution >= 0.6 is 0 Å². The van der Waals surface area contributed by atoms with Crippen LogP contribution in [-0.4, -0.2) is 18.2 Å². The van der Waals surface area contributed by atoms with Crippen LogP contribution in [-0.2, 0) is 4.79 Å². The van der Waals surface area contributed by atoms with E-state index in [2.05, 4.69) is 0 Å².